The van der Waals surface area contributed by atoms with Crippen LogP contribution in [0.5, 0.6) is 0 Å². The average Bonchev–Trinajstić information content (AvgIpc) is 2.81. The van der Waals surface area contributed by atoms with Crippen LogP contribution >= 0.6 is 0 Å². The van der Waals surface area contributed by atoms with E-state index in [-0.39, 0.29) is 0 Å². The summed E-state index contributed by atoms with van der Waals surface area (Å²) in [6, 6.07) is 10.4. The van der Waals surface area contributed by atoms with Gasteiger partial charge in [-0.15, -0.1) is 0 Å². The molecule has 4 heterocycles. The summed E-state index contributed by atoms with van der Waals surface area (Å²) in [5.74, 6) is 3.06. The van der Waals surface area contributed by atoms with Gasteiger partial charge in [0.25, 0.3) is 0 Å². The predicted octanol–water partition coefficient (Wildman–Crippen LogP) is 1.13. The van der Waals surface area contributed by atoms with Gasteiger partial charge in [0.05, 0.1) is 0 Å². The minimum atomic E-state index is 0.725. The molecule has 0 amide bonds. The Morgan fingerprint density at radius 2 is 1.60 bits per heavy atom. The number of aliphatic imine (C=N–C) groups is 1. The molecule has 0 aliphatic carbocycles. The molecule has 8 heteroatoms. The lowest BCUT2D eigenvalue weighted by Gasteiger charge is -2.37. The molecular weight excluding hydrogens is 376 g/mol. The molecule has 0 saturated carbocycles. The number of hydrogen-bond acceptors (Lipinski definition) is 6. The smallest absolute Gasteiger partial charge is 0.194 e. The van der Waals surface area contributed by atoms with Gasteiger partial charge in [-0.3, -0.25) is 4.99 Å². The number of pyridine rings is 2. The van der Waals surface area contributed by atoms with Crippen LogP contribution in [0.1, 0.15) is 5.56 Å². The Hall–Kier alpha value is -2.87. The van der Waals surface area contributed by atoms with Gasteiger partial charge in [0.1, 0.15) is 11.6 Å². The molecule has 2 aromatic rings. The molecule has 2 aromatic heterocycles. The molecule has 2 fully saturated rings. The normalized spacial score (nSPS) is 18.6. The van der Waals surface area contributed by atoms with Gasteiger partial charge in [-0.05, 0) is 30.8 Å². The van der Waals surface area contributed by atoms with Gasteiger partial charge in [0.15, 0.2) is 5.96 Å². The van der Waals surface area contributed by atoms with E-state index in [1.54, 1.807) is 0 Å². The number of guanidine groups is 1. The first-order valence-corrected chi connectivity index (χ1v) is 10.7. The van der Waals surface area contributed by atoms with Crippen molar-refractivity contribution in [3.8, 4) is 0 Å². The standard InChI is InChI=1S/C22H32N8/c1-23-22(30-15-13-29(14-16-30)20-5-3-4-8-24-20)26-18-19-6-7-21(25-17-19)28-11-9-27(2)10-12-28/h3-8,17H,9-16,18H2,1-2H3,(H,23,26). The number of piperazine rings is 2. The van der Waals surface area contributed by atoms with Crippen LogP contribution in [0.4, 0.5) is 11.6 Å². The lowest BCUT2D eigenvalue weighted by Crippen LogP contribution is -2.52. The van der Waals surface area contributed by atoms with E-state index in [1.807, 2.05) is 31.6 Å². The van der Waals surface area contributed by atoms with E-state index in [0.717, 1.165) is 76.5 Å². The third-order valence-corrected chi connectivity index (χ3v) is 5.85. The summed E-state index contributed by atoms with van der Waals surface area (Å²) >= 11 is 0. The van der Waals surface area contributed by atoms with E-state index < -0.39 is 0 Å². The van der Waals surface area contributed by atoms with Crippen LogP contribution in [0.3, 0.4) is 0 Å². The molecule has 0 bridgehead atoms. The molecule has 4 rings (SSSR count). The first-order chi connectivity index (χ1) is 14.7. The third kappa shape index (κ3) is 4.99. The van der Waals surface area contributed by atoms with Crippen LogP contribution in [0.15, 0.2) is 47.7 Å². The van der Waals surface area contributed by atoms with Crippen molar-refractivity contribution in [3.05, 3.63) is 48.3 Å². The summed E-state index contributed by atoms with van der Waals surface area (Å²) < 4.78 is 0. The molecule has 2 aliphatic rings. The molecule has 8 nitrogen and oxygen atoms in total. The highest BCUT2D eigenvalue weighted by molar-refractivity contribution is 5.80. The fourth-order valence-corrected chi connectivity index (χ4v) is 3.95. The van der Waals surface area contributed by atoms with Crippen molar-refractivity contribution >= 4 is 17.6 Å². The van der Waals surface area contributed by atoms with Crippen molar-refractivity contribution in [2.24, 2.45) is 4.99 Å². The minimum Gasteiger partial charge on any atom is -0.354 e. The summed E-state index contributed by atoms with van der Waals surface area (Å²) in [5.41, 5.74) is 1.17. The number of nitrogens with one attached hydrogen (secondary N) is 1. The minimum absolute atomic E-state index is 0.725. The molecular formula is C22H32N8. The predicted molar refractivity (Wildman–Crippen MR) is 122 cm³/mol. The highest BCUT2D eigenvalue weighted by Crippen LogP contribution is 2.14. The Kier molecular flexibility index (Phi) is 6.63. The molecule has 160 valence electrons. The van der Waals surface area contributed by atoms with Crippen molar-refractivity contribution in [3.63, 3.8) is 0 Å². The fourth-order valence-electron chi connectivity index (χ4n) is 3.95. The lowest BCUT2D eigenvalue weighted by atomic mass is 10.2. The topological polar surface area (TPSA) is 63.1 Å². The largest absolute Gasteiger partial charge is 0.354 e. The van der Waals surface area contributed by atoms with Gasteiger partial charge >= 0.3 is 0 Å². The van der Waals surface area contributed by atoms with Gasteiger partial charge in [-0.1, -0.05) is 12.1 Å². The number of aromatic nitrogens is 2. The second kappa shape index (κ2) is 9.75. The Morgan fingerprint density at radius 1 is 0.900 bits per heavy atom. The summed E-state index contributed by atoms with van der Waals surface area (Å²) in [7, 11) is 4.02. The van der Waals surface area contributed by atoms with Crippen molar-refractivity contribution in [1.82, 2.24) is 25.1 Å². The zero-order valence-corrected chi connectivity index (χ0v) is 18.0. The van der Waals surface area contributed by atoms with Crippen molar-refractivity contribution in [1.29, 1.82) is 0 Å². The van der Waals surface area contributed by atoms with E-state index in [4.69, 9.17) is 0 Å². The maximum Gasteiger partial charge on any atom is 0.194 e. The monoisotopic (exact) mass is 408 g/mol. The van der Waals surface area contributed by atoms with Gasteiger partial charge < -0.3 is 24.9 Å². The number of likely N-dealkylation sites (N-methyl/N-ethyl adjacent to an activating group) is 1. The van der Waals surface area contributed by atoms with E-state index in [2.05, 4.69) is 65.1 Å². The van der Waals surface area contributed by atoms with E-state index in [9.17, 15) is 0 Å². The lowest BCUT2D eigenvalue weighted by molar-refractivity contribution is 0.312. The van der Waals surface area contributed by atoms with Crippen LogP contribution in [0.25, 0.3) is 0 Å². The molecule has 0 radical (unpaired) electrons. The molecule has 0 unspecified atom stereocenters. The molecule has 1 N–H and O–H groups in total. The van der Waals surface area contributed by atoms with E-state index in [1.165, 1.54) is 5.56 Å². The fraction of sp³-hybridized carbons (Fsp3) is 0.500. The quantitative estimate of drug-likeness (QED) is 0.601. The summed E-state index contributed by atoms with van der Waals surface area (Å²) in [6.07, 6.45) is 3.83. The molecule has 0 spiro atoms. The molecule has 0 aromatic carbocycles. The first-order valence-electron chi connectivity index (χ1n) is 10.7. The van der Waals surface area contributed by atoms with Gasteiger partial charge in [0, 0.05) is 78.3 Å². The van der Waals surface area contributed by atoms with Crippen molar-refractivity contribution in [2.45, 2.75) is 6.54 Å². The van der Waals surface area contributed by atoms with E-state index >= 15 is 0 Å². The highest BCUT2D eigenvalue weighted by atomic mass is 15.4. The summed E-state index contributed by atoms with van der Waals surface area (Å²) in [5, 5.41) is 3.50. The van der Waals surface area contributed by atoms with Crippen LogP contribution in [0.2, 0.25) is 0 Å². The van der Waals surface area contributed by atoms with Crippen molar-refractivity contribution < 1.29 is 0 Å². The van der Waals surface area contributed by atoms with Crippen LogP contribution in [0, 0.1) is 0 Å². The second-order valence-electron chi connectivity index (χ2n) is 7.88. The maximum absolute atomic E-state index is 4.69. The van der Waals surface area contributed by atoms with Gasteiger partial charge in [0.2, 0.25) is 0 Å². The average molecular weight is 409 g/mol. The first kappa shape index (κ1) is 20.4. The summed E-state index contributed by atoms with van der Waals surface area (Å²) in [6.45, 7) is 8.73. The number of hydrogen-bond donors (Lipinski definition) is 1. The number of rotatable bonds is 4. The number of nitrogens with zero attached hydrogens (tertiary/aromatic N) is 7. The second-order valence-corrected chi connectivity index (χ2v) is 7.88. The Bertz CT molecular complexity index is 807. The van der Waals surface area contributed by atoms with Crippen LogP contribution in [-0.2, 0) is 6.54 Å². The Morgan fingerprint density at radius 3 is 2.20 bits per heavy atom. The highest BCUT2D eigenvalue weighted by Gasteiger charge is 2.20. The Labute approximate surface area is 179 Å². The van der Waals surface area contributed by atoms with Gasteiger partial charge in [-0.25, -0.2) is 9.97 Å². The molecule has 2 aliphatic heterocycles. The third-order valence-electron chi connectivity index (χ3n) is 5.85. The zero-order valence-electron chi connectivity index (χ0n) is 18.0. The van der Waals surface area contributed by atoms with Crippen LogP contribution in [-0.4, -0.2) is 92.2 Å². The van der Waals surface area contributed by atoms with Gasteiger partial charge in [-0.2, -0.15) is 0 Å². The zero-order chi connectivity index (χ0) is 20.8. The molecule has 30 heavy (non-hydrogen) atoms. The van der Waals surface area contributed by atoms with E-state index in [0.29, 0.717) is 0 Å². The number of anilines is 2. The maximum atomic E-state index is 4.69. The molecule has 2 saturated heterocycles. The van der Waals surface area contributed by atoms with Crippen LogP contribution < -0.4 is 15.1 Å². The summed E-state index contributed by atoms with van der Waals surface area (Å²) in [4.78, 5) is 23.0. The SMILES string of the molecule is CN=C(NCc1ccc(N2CCN(C)CC2)nc1)N1CCN(c2ccccn2)CC1. The van der Waals surface area contributed by atoms with Crippen molar-refractivity contribution in [2.75, 3.05) is 76.3 Å². The Balaban J connectivity index is 1.27. The molecule has 0 atom stereocenters.